The van der Waals surface area contributed by atoms with Gasteiger partial charge in [-0.05, 0) is 29.8 Å². The molecule has 3 nitrogen and oxygen atoms in total. The third-order valence-corrected chi connectivity index (χ3v) is 3.83. The Hall–Kier alpha value is -2.26. The molecule has 1 heterocycles. The molecule has 4 heteroatoms. The van der Waals surface area contributed by atoms with Crippen LogP contribution in [0.1, 0.15) is 16.5 Å². The van der Waals surface area contributed by atoms with Gasteiger partial charge < -0.3 is 4.74 Å². The smallest absolute Gasteiger partial charge is 0.118 e. The number of halogens is 1. The summed E-state index contributed by atoms with van der Waals surface area (Å²) in [6, 6.07) is 17.7. The van der Waals surface area contributed by atoms with Crippen molar-refractivity contribution in [2.45, 2.75) is 5.38 Å². The molecular weight excluding hydrogens is 284 g/mol. The number of methoxy groups -OCH3 is 1. The Kier molecular flexibility index (Phi) is 3.93. The number of hydrogen-bond acceptors (Lipinski definition) is 2. The van der Waals surface area contributed by atoms with E-state index in [0.29, 0.717) is 0 Å². The summed E-state index contributed by atoms with van der Waals surface area (Å²) < 4.78 is 6.98. The largest absolute Gasteiger partial charge is 0.497 e. The maximum atomic E-state index is 6.53. The zero-order valence-electron chi connectivity index (χ0n) is 11.6. The highest BCUT2D eigenvalue weighted by molar-refractivity contribution is 6.22. The summed E-state index contributed by atoms with van der Waals surface area (Å²) >= 11 is 6.53. The van der Waals surface area contributed by atoms with E-state index in [0.717, 1.165) is 22.6 Å². The van der Waals surface area contributed by atoms with Crippen LogP contribution in [0.15, 0.2) is 67.0 Å². The van der Waals surface area contributed by atoms with E-state index >= 15 is 0 Å². The lowest BCUT2D eigenvalue weighted by Crippen LogP contribution is -1.94. The summed E-state index contributed by atoms with van der Waals surface area (Å²) in [4.78, 5) is 0. The monoisotopic (exact) mass is 298 g/mol. The van der Waals surface area contributed by atoms with Crippen LogP contribution in [0.2, 0.25) is 0 Å². The molecule has 0 aliphatic heterocycles. The Bertz CT molecular complexity index is 707. The summed E-state index contributed by atoms with van der Waals surface area (Å²) in [5.41, 5.74) is 3.00. The van der Waals surface area contributed by atoms with Gasteiger partial charge in [0.1, 0.15) is 5.75 Å². The van der Waals surface area contributed by atoms with Gasteiger partial charge in [0.25, 0.3) is 0 Å². The molecule has 3 aromatic rings. The Morgan fingerprint density at radius 2 is 1.71 bits per heavy atom. The van der Waals surface area contributed by atoms with Crippen LogP contribution < -0.4 is 4.74 Å². The number of nitrogens with zero attached hydrogens (tertiary/aromatic N) is 2. The summed E-state index contributed by atoms with van der Waals surface area (Å²) in [5.74, 6) is 0.822. The van der Waals surface area contributed by atoms with Crippen molar-refractivity contribution >= 4 is 11.6 Å². The second-order valence-corrected chi connectivity index (χ2v) is 5.13. The Labute approximate surface area is 128 Å². The molecule has 0 aliphatic carbocycles. The van der Waals surface area contributed by atoms with Crippen LogP contribution in [0.4, 0.5) is 0 Å². The lowest BCUT2D eigenvalue weighted by molar-refractivity contribution is 0.414. The van der Waals surface area contributed by atoms with E-state index in [1.807, 2.05) is 65.5 Å². The maximum Gasteiger partial charge on any atom is 0.118 e. The van der Waals surface area contributed by atoms with Crippen LogP contribution in [0.5, 0.6) is 5.75 Å². The fourth-order valence-electron chi connectivity index (χ4n) is 2.15. The zero-order valence-corrected chi connectivity index (χ0v) is 12.4. The zero-order chi connectivity index (χ0) is 14.7. The van der Waals surface area contributed by atoms with Gasteiger partial charge >= 0.3 is 0 Å². The minimum Gasteiger partial charge on any atom is -0.497 e. The van der Waals surface area contributed by atoms with E-state index in [1.54, 1.807) is 13.3 Å². The predicted octanol–water partition coefficient (Wildman–Crippen LogP) is 4.21. The highest BCUT2D eigenvalue weighted by Crippen LogP contribution is 2.29. The number of alkyl halides is 1. The molecular formula is C17H15ClN2O. The molecule has 1 aromatic heterocycles. The van der Waals surface area contributed by atoms with Gasteiger partial charge in [0.2, 0.25) is 0 Å². The third-order valence-electron chi connectivity index (χ3n) is 3.32. The normalized spacial score (nSPS) is 12.1. The van der Waals surface area contributed by atoms with E-state index in [2.05, 4.69) is 5.10 Å². The molecule has 1 unspecified atom stereocenters. The van der Waals surface area contributed by atoms with Crippen molar-refractivity contribution in [3.05, 3.63) is 78.1 Å². The molecule has 2 aromatic carbocycles. The van der Waals surface area contributed by atoms with Crippen LogP contribution in [-0.4, -0.2) is 16.9 Å². The first-order valence-corrected chi connectivity index (χ1v) is 7.09. The quantitative estimate of drug-likeness (QED) is 0.675. The number of hydrogen-bond donors (Lipinski definition) is 0. The topological polar surface area (TPSA) is 27.1 Å². The van der Waals surface area contributed by atoms with Gasteiger partial charge in [0.05, 0.1) is 24.4 Å². The van der Waals surface area contributed by atoms with E-state index in [4.69, 9.17) is 16.3 Å². The molecule has 0 saturated heterocycles. The average Bonchev–Trinajstić information content (AvgIpc) is 3.05. The second-order valence-electron chi connectivity index (χ2n) is 4.69. The van der Waals surface area contributed by atoms with E-state index < -0.39 is 0 Å². The minimum atomic E-state index is -0.228. The Balaban J connectivity index is 1.85. The van der Waals surface area contributed by atoms with Crippen molar-refractivity contribution < 1.29 is 4.74 Å². The highest BCUT2D eigenvalue weighted by atomic mass is 35.5. The first kappa shape index (κ1) is 13.7. The summed E-state index contributed by atoms with van der Waals surface area (Å²) in [5, 5.41) is 4.15. The molecule has 3 rings (SSSR count). The maximum absolute atomic E-state index is 6.53. The van der Waals surface area contributed by atoms with Gasteiger partial charge in [0.15, 0.2) is 0 Å². The Morgan fingerprint density at radius 3 is 2.38 bits per heavy atom. The van der Waals surface area contributed by atoms with Gasteiger partial charge in [-0.1, -0.05) is 30.3 Å². The van der Waals surface area contributed by atoms with E-state index in [1.165, 1.54) is 0 Å². The van der Waals surface area contributed by atoms with Gasteiger partial charge in [0, 0.05) is 11.8 Å². The van der Waals surface area contributed by atoms with Gasteiger partial charge in [-0.25, -0.2) is 4.68 Å². The molecule has 1 atom stereocenters. The van der Waals surface area contributed by atoms with Crippen molar-refractivity contribution in [3.8, 4) is 11.4 Å². The fourth-order valence-corrected chi connectivity index (χ4v) is 2.41. The number of aromatic nitrogens is 2. The van der Waals surface area contributed by atoms with E-state index in [9.17, 15) is 0 Å². The van der Waals surface area contributed by atoms with Crippen LogP contribution in [-0.2, 0) is 0 Å². The van der Waals surface area contributed by atoms with Crippen LogP contribution >= 0.6 is 11.6 Å². The van der Waals surface area contributed by atoms with Crippen molar-refractivity contribution in [1.82, 2.24) is 9.78 Å². The standard InChI is InChI=1S/C17H15ClN2O/c1-21-16-9-7-13(8-10-16)17(18)14-11-19-20(12-14)15-5-3-2-4-6-15/h2-12,17H,1H3. The summed E-state index contributed by atoms with van der Waals surface area (Å²) in [7, 11) is 1.65. The second kappa shape index (κ2) is 6.02. The number of rotatable bonds is 4. The first-order valence-electron chi connectivity index (χ1n) is 6.66. The van der Waals surface area contributed by atoms with Crippen LogP contribution in [0.3, 0.4) is 0 Å². The molecule has 21 heavy (non-hydrogen) atoms. The summed E-state index contributed by atoms with van der Waals surface area (Å²) in [6.45, 7) is 0. The number of ether oxygens (including phenoxy) is 1. The fraction of sp³-hybridized carbons (Fsp3) is 0.118. The van der Waals surface area contributed by atoms with Crippen molar-refractivity contribution in [2.24, 2.45) is 0 Å². The molecule has 106 valence electrons. The van der Waals surface area contributed by atoms with Gasteiger partial charge in [-0.2, -0.15) is 5.10 Å². The first-order chi connectivity index (χ1) is 10.3. The summed E-state index contributed by atoms with van der Waals surface area (Å²) in [6.07, 6.45) is 3.76. The molecule has 0 spiro atoms. The predicted molar refractivity (Wildman–Crippen MR) is 84.3 cm³/mol. The van der Waals surface area contributed by atoms with Crippen molar-refractivity contribution in [1.29, 1.82) is 0 Å². The molecule has 0 fully saturated rings. The lowest BCUT2D eigenvalue weighted by atomic mass is 10.1. The van der Waals surface area contributed by atoms with Gasteiger partial charge in [-0.15, -0.1) is 11.6 Å². The SMILES string of the molecule is COc1ccc(C(Cl)c2cnn(-c3ccccc3)c2)cc1. The molecule has 0 aliphatic rings. The lowest BCUT2D eigenvalue weighted by Gasteiger charge is -2.08. The average molecular weight is 299 g/mol. The molecule has 0 radical (unpaired) electrons. The third kappa shape index (κ3) is 2.93. The van der Waals surface area contributed by atoms with Crippen molar-refractivity contribution in [2.75, 3.05) is 7.11 Å². The number of benzene rings is 2. The molecule has 0 saturated carbocycles. The van der Waals surface area contributed by atoms with Crippen LogP contribution in [0.25, 0.3) is 5.69 Å². The van der Waals surface area contributed by atoms with E-state index in [-0.39, 0.29) is 5.38 Å². The minimum absolute atomic E-state index is 0.228. The molecule has 0 N–H and O–H groups in total. The molecule has 0 amide bonds. The van der Waals surface area contributed by atoms with Crippen LogP contribution in [0, 0.1) is 0 Å². The van der Waals surface area contributed by atoms with Gasteiger partial charge in [-0.3, -0.25) is 0 Å². The molecule has 0 bridgehead atoms. The highest BCUT2D eigenvalue weighted by Gasteiger charge is 2.13. The number of para-hydroxylation sites is 1. The Morgan fingerprint density at radius 1 is 1.00 bits per heavy atom. The van der Waals surface area contributed by atoms with Crippen molar-refractivity contribution in [3.63, 3.8) is 0 Å².